The van der Waals surface area contributed by atoms with Crippen LogP contribution in [0, 0.1) is 0 Å². The first kappa shape index (κ1) is 19.5. The van der Waals surface area contributed by atoms with Crippen LogP contribution in [0.4, 0.5) is 5.69 Å². The molecule has 9 heteroatoms. The molecule has 0 bridgehead atoms. The number of sulfonamides is 1. The van der Waals surface area contributed by atoms with Crippen LogP contribution >= 0.6 is 11.6 Å². The highest BCUT2D eigenvalue weighted by Gasteiger charge is 2.21. The maximum Gasteiger partial charge on any atom is 0.265 e. The fourth-order valence-corrected chi connectivity index (χ4v) is 3.84. The summed E-state index contributed by atoms with van der Waals surface area (Å²) in [5, 5.41) is 0.408. The van der Waals surface area contributed by atoms with Crippen LogP contribution in [0.2, 0.25) is 5.02 Å². The van der Waals surface area contributed by atoms with Crippen LogP contribution in [-0.4, -0.2) is 47.7 Å². The van der Waals surface area contributed by atoms with E-state index in [0.29, 0.717) is 37.1 Å². The van der Waals surface area contributed by atoms with Crippen LogP contribution in [-0.2, 0) is 14.8 Å². The molecule has 0 aliphatic carbocycles. The van der Waals surface area contributed by atoms with Crippen molar-refractivity contribution in [3.05, 3.63) is 53.1 Å². The number of amides is 1. The molecular weight excluding hydrogens is 392 g/mol. The van der Waals surface area contributed by atoms with Crippen LogP contribution in [0.25, 0.3) is 0 Å². The first-order valence-corrected chi connectivity index (χ1v) is 10.1. The van der Waals surface area contributed by atoms with Crippen molar-refractivity contribution < 1.29 is 22.7 Å². The quantitative estimate of drug-likeness (QED) is 0.814. The molecule has 0 spiro atoms. The zero-order chi connectivity index (χ0) is 19.4. The number of nitrogens with one attached hydrogen (secondary N) is 1. The van der Waals surface area contributed by atoms with Crippen LogP contribution < -0.4 is 14.4 Å². The molecule has 1 amide bonds. The summed E-state index contributed by atoms with van der Waals surface area (Å²) in [4.78, 5) is 14.5. The molecule has 3 rings (SSSR count). The predicted molar refractivity (Wildman–Crippen MR) is 102 cm³/mol. The molecule has 144 valence electrons. The average Bonchev–Trinajstić information content (AvgIpc) is 2.68. The molecule has 27 heavy (non-hydrogen) atoms. The van der Waals surface area contributed by atoms with Gasteiger partial charge >= 0.3 is 0 Å². The SMILES string of the molecule is COc1ccc(C(=O)NS(=O)(=O)c2ccc(Cl)cc2)cc1N1CCOCC1. The number of carbonyl (C=O) groups is 1. The van der Waals surface area contributed by atoms with Gasteiger partial charge in [0.25, 0.3) is 15.9 Å². The van der Waals surface area contributed by atoms with Gasteiger partial charge in [-0.05, 0) is 42.5 Å². The highest BCUT2D eigenvalue weighted by Crippen LogP contribution is 2.30. The van der Waals surface area contributed by atoms with Crippen molar-refractivity contribution in [3.63, 3.8) is 0 Å². The van der Waals surface area contributed by atoms with E-state index in [9.17, 15) is 13.2 Å². The molecule has 1 aliphatic rings. The molecule has 1 aliphatic heterocycles. The van der Waals surface area contributed by atoms with E-state index in [1.54, 1.807) is 19.2 Å². The van der Waals surface area contributed by atoms with Crippen molar-refractivity contribution >= 4 is 33.2 Å². The Kier molecular flexibility index (Phi) is 5.88. The Hall–Kier alpha value is -2.29. The minimum atomic E-state index is -4.00. The maximum absolute atomic E-state index is 12.5. The van der Waals surface area contributed by atoms with Gasteiger partial charge in [0.2, 0.25) is 0 Å². The van der Waals surface area contributed by atoms with Crippen molar-refractivity contribution in [1.82, 2.24) is 4.72 Å². The molecule has 1 N–H and O–H groups in total. The van der Waals surface area contributed by atoms with E-state index in [1.807, 2.05) is 4.90 Å². The van der Waals surface area contributed by atoms with Gasteiger partial charge in [0, 0.05) is 23.7 Å². The number of morpholine rings is 1. The molecule has 1 heterocycles. The normalized spacial score (nSPS) is 14.7. The standard InChI is InChI=1S/C18H19ClN2O5S/c1-25-17-7-2-13(12-16(17)21-8-10-26-11-9-21)18(22)20-27(23,24)15-5-3-14(19)4-6-15/h2-7,12H,8-11H2,1H3,(H,20,22). The Morgan fingerprint density at radius 1 is 1.15 bits per heavy atom. The summed E-state index contributed by atoms with van der Waals surface area (Å²) in [6, 6.07) is 10.4. The average molecular weight is 411 g/mol. The lowest BCUT2D eigenvalue weighted by Crippen LogP contribution is -2.36. The lowest BCUT2D eigenvalue weighted by molar-refractivity contribution is 0.0981. The van der Waals surface area contributed by atoms with Crippen molar-refractivity contribution in [1.29, 1.82) is 0 Å². The van der Waals surface area contributed by atoms with Gasteiger partial charge in [0.05, 0.1) is 30.9 Å². The molecule has 1 saturated heterocycles. The van der Waals surface area contributed by atoms with Crippen LogP contribution in [0.1, 0.15) is 10.4 Å². The number of nitrogens with zero attached hydrogens (tertiary/aromatic N) is 1. The van der Waals surface area contributed by atoms with Gasteiger partial charge < -0.3 is 14.4 Å². The van der Waals surface area contributed by atoms with E-state index in [2.05, 4.69) is 4.72 Å². The molecule has 7 nitrogen and oxygen atoms in total. The summed E-state index contributed by atoms with van der Waals surface area (Å²) in [7, 11) is -2.46. The largest absolute Gasteiger partial charge is 0.495 e. The van der Waals surface area contributed by atoms with Crippen molar-refractivity contribution in [2.24, 2.45) is 0 Å². The van der Waals surface area contributed by atoms with Gasteiger partial charge in [0.1, 0.15) is 5.75 Å². The number of methoxy groups -OCH3 is 1. The number of carbonyl (C=O) groups excluding carboxylic acids is 1. The van der Waals surface area contributed by atoms with Crippen LogP contribution in [0.15, 0.2) is 47.4 Å². The van der Waals surface area contributed by atoms with Crippen molar-refractivity contribution in [2.75, 3.05) is 38.3 Å². The van der Waals surface area contributed by atoms with Gasteiger partial charge in [-0.2, -0.15) is 0 Å². The molecule has 2 aromatic rings. The molecule has 0 saturated carbocycles. The van der Waals surface area contributed by atoms with Gasteiger partial charge in [-0.15, -0.1) is 0 Å². The van der Waals surface area contributed by atoms with E-state index in [-0.39, 0.29) is 10.5 Å². The number of hydrogen-bond donors (Lipinski definition) is 1. The zero-order valence-electron chi connectivity index (χ0n) is 14.6. The van der Waals surface area contributed by atoms with E-state index < -0.39 is 15.9 Å². The lowest BCUT2D eigenvalue weighted by Gasteiger charge is -2.30. The number of halogens is 1. The van der Waals surface area contributed by atoms with Crippen molar-refractivity contribution in [2.45, 2.75) is 4.90 Å². The first-order valence-electron chi connectivity index (χ1n) is 8.24. The van der Waals surface area contributed by atoms with Crippen LogP contribution in [0.5, 0.6) is 5.75 Å². The summed E-state index contributed by atoms with van der Waals surface area (Å²) >= 11 is 5.78. The van der Waals surface area contributed by atoms with E-state index >= 15 is 0 Å². The Bertz CT molecular complexity index is 925. The second-order valence-corrected chi connectivity index (χ2v) is 7.99. The second-order valence-electron chi connectivity index (χ2n) is 5.87. The summed E-state index contributed by atoms with van der Waals surface area (Å²) in [5.41, 5.74) is 0.937. The fourth-order valence-electron chi connectivity index (χ4n) is 2.74. The minimum Gasteiger partial charge on any atom is -0.495 e. The third kappa shape index (κ3) is 4.52. The Labute approximate surface area is 162 Å². The Morgan fingerprint density at radius 3 is 2.44 bits per heavy atom. The maximum atomic E-state index is 12.5. The minimum absolute atomic E-state index is 0.0397. The lowest BCUT2D eigenvalue weighted by atomic mass is 10.1. The van der Waals surface area contributed by atoms with Gasteiger partial charge in [0.15, 0.2) is 0 Å². The van der Waals surface area contributed by atoms with Crippen molar-refractivity contribution in [3.8, 4) is 5.75 Å². The molecular formula is C18H19ClN2O5S. The topological polar surface area (TPSA) is 84.9 Å². The van der Waals surface area contributed by atoms with Gasteiger partial charge in [-0.25, -0.2) is 13.1 Å². The number of ether oxygens (including phenoxy) is 2. The number of hydrogen-bond acceptors (Lipinski definition) is 6. The molecule has 2 aromatic carbocycles. The molecule has 0 unspecified atom stereocenters. The summed E-state index contributed by atoms with van der Waals surface area (Å²) in [5.74, 6) is -0.115. The number of benzene rings is 2. The monoisotopic (exact) mass is 410 g/mol. The predicted octanol–water partition coefficient (Wildman–Crippen LogP) is 2.30. The smallest absolute Gasteiger partial charge is 0.265 e. The molecule has 1 fully saturated rings. The zero-order valence-corrected chi connectivity index (χ0v) is 16.2. The van der Waals surface area contributed by atoms with Gasteiger partial charge in [-0.3, -0.25) is 4.79 Å². The first-order chi connectivity index (χ1) is 12.9. The molecule has 0 atom stereocenters. The summed E-state index contributed by atoms with van der Waals surface area (Å²) < 4.78 is 37.6. The molecule has 0 aromatic heterocycles. The number of anilines is 1. The van der Waals surface area contributed by atoms with E-state index in [0.717, 1.165) is 5.69 Å². The van der Waals surface area contributed by atoms with E-state index in [1.165, 1.54) is 30.3 Å². The molecule has 0 radical (unpaired) electrons. The highest BCUT2D eigenvalue weighted by atomic mass is 35.5. The summed E-state index contributed by atoms with van der Waals surface area (Å²) in [6.45, 7) is 2.46. The number of rotatable bonds is 5. The fraction of sp³-hybridized carbons (Fsp3) is 0.278. The van der Waals surface area contributed by atoms with Crippen LogP contribution in [0.3, 0.4) is 0 Å². The Morgan fingerprint density at radius 2 is 1.81 bits per heavy atom. The van der Waals surface area contributed by atoms with Gasteiger partial charge in [-0.1, -0.05) is 11.6 Å². The third-order valence-corrected chi connectivity index (χ3v) is 5.74. The van der Waals surface area contributed by atoms with E-state index in [4.69, 9.17) is 21.1 Å². The Balaban J connectivity index is 1.85. The summed E-state index contributed by atoms with van der Waals surface area (Å²) in [6.07, 6.45) is 0. The highest BCUT2D eigenvalue weighted by molar-refractivity contribution is 7.90. The second kappa shape index (κ2) is 8.16. The third-order valence-electron chi connectivity index (χ3n) is 4.14.